The number of rotatable bonds is 5. The van der Waals surface area contributed by atoms with Gasteiger partial charge < -0.3 is 10.8 Å². The van der Waals surface area contributed by atoms with Crippen molar-refractivity contribution >= 4 is 21.7 Å². The molecule has 1 heterocycles. The molecule has 1 aromatic carbocycles. The number of carboxylic acids is 1. The third-order valence-corrected chi connectivity index (χ3v) is 4.99. The number of carbonyl (C=O) groups is 1. The maximum absolute atomic E-state index is 12.2. The molecule has 0 radical (unpaired) electrons. The average molecular weight is 284 g/mol. The second-order valence-corrected chi connectivity index (χ2v) is 6.51. The van der Waals surface area contributed by atoms with Crippen LogP contribution in [0.3, 0.4) is 0 Å². The van der Waals surface area contributed by atoms with Gasteiger partial charge in [-0.25, -0.2) is 8.42 Å². The molecule has 1 atom stereocenters. The number of hydrogen-bond donors (Lipinski definition) is 2. The first-order valence-electron chi connectivity index (χ1n) is 5.98. The molecule has 104 valence electrons. The molecule has 0 spiro atoms. The van der Waals surface area contributed by atoms with Crippen molar-refractivity contribution in [2.75, 3.05) is 16.6 Å². The van der Waals surface area contributed by atoms with Gasteiger partial charge in [0, 0.05) is 6.54 Å². The fourth-order valence-electron chi connectivity index (χ4n) is 2.11. The molecule has 6 nitrogen and oxygen atoms in total. The number of anilines is 1. The number of nitrogens with zero attached hydrogens (tertiary/aromatic N) is 1. The van der Waals surface area contributed by atoms with Crippen LogP contribution in [0.1, 0.15) is 12.0 Å². The molecule has 7 heteroatoms. The van der Waals surface area contributed by atoms with E-state index in [0.29, 0.717) is 18.7 Å². The number of benzene rings is 1. The zero-order valence-corrected chi connectivity index (χ0v) is 11.1. The minimum atomic E-state index is -3.51. The van der Waals surface area contributed by atoms with Gasteiger partial charge in [-0.3, -0.25) is 9.10 Å². The molecule has 1 aliphatic rings. The van der Waals surface area contributed by atoms with E-state index < -0.39 is 22.0 Å². The van der Waals surface area contributed by atoms with Crippen LogP contribution in [0.15, 0.2) is 24.3 Å². The normalized spacial score (nSPS) is 16.2. The van der Waals surface area contributed by atoms with Gasteiger partial charge >= 0.3 is 5.97 Å². The van der Waals surface area contributed by atoms with Crippen molar-refractivity contribution in [1.29, 1.82) is 0 Å². The molecule has 1 aromatic rings. The van der Waals surface area contributed by atoms with Crippen LogP contribution in [-0.4, -0.2) is 37.8 Å². The van der Waals surface area contributed by atoms with Crippen LogP contribution in [0.5, 0.6) is 0 Å². The van der Waals surface area contributed by atoms with E-state index in [-0.39, 0.29) is 12.2 Å². The van der Waals surface area contributed by atoms with Crippen LogP contribution in [0, 0.1) is 0 Å². The number of fused-ring (bicyclic) bond motifs is 1. The van der Waals surface area contributed by atoms with Crippen LogP contribution in [-0.2, 0) is 21.2 Å². The fraction of sp³-hybridized carbons (Fsp3) is 0.417. The Kier molecular flexibility index (Phi) is 3.77. The highest BCUT2D eigenvalue weighted by Crippen LogP contribution is 2.30. The predicted molar refractivity (Wildman–Crippen MR) is 71.5 cm³/mol. The van der Waals surface area contributed by atoms with Gasteiger partial charge in [0.2, 0.25) is 10.0 Å². The average Bonchev–Trinajstić information content (AvgIpc) is 2.80. The molecule has 3 N–H and O–H groups in total. The Bertz CT molecular complexity index is 585. The largest absolute Gasteiger partial charge is 0.480 e. The highest BCUT2D eigenvalue weighted by molar-refractivity contribution is 7.92. The summed E-state index contributed by atoms with van der Waals surface area (Å²) >= 11 is 0. The van der Waals surface area contributed by atoms with Crippen molar-refractivity contribution < 1.29 is 18.3 Å². The maximum Gasteiger partial charge on any atom is 0.320 e. The summed E-state index contributed by atoms with van der Waals surface area (Å²) in [5, 5.41) is 8.67. The van der Waals surface area contributed by atoms with Gasteiger partial charge in [0.05, 0.1) is 11.4 Å². The van der Waals surface area contributed by atoms with Crippen molar-refractivity contribution in [2.45, 2.75) is 18.9 Å². The van der Waals surface area contributed by atoms with E-state index in [1.165, 1.54) is 4.31 Å². The van der Waals surface area contributed by atoms with Gasteiger partial charge in [-0.15, -0.1) is 0 Å². The zero-order chi connectivity index (χ0) is 14.0. The highest BCUT2D eigenvalue weighted by atomic mass is 32.2. The summed E-state index contributed by atoms with van der Waals surface area (Å²) in [4.78, 5) is 10.6. The van der Waals surface area contributed by atoms with E-state index in [1.807, 2.05) is 12.1 Å². The Morgan fingerprint density at radius 3 is 2.79 bits per heavy atom. The standard InChI is InChI=1S/C12H16N2O4S/c13-10(12(15)16)6-8-19(17,18)14-7-5-9-3-1-2-4-11(9)14/h1-4,10H,5-8,13H2,(H,15,16)/t10-/m0/s1. The molecule has 0 unspecified atom stereocenters. The monoisotopic (exact) mass is 284 g/mol. The molecule has 0 fully saturated rings. The van der Waals surface area contributed by atoms with E-state index in [9.17, 15) is 13.2 Å². The second kappa shape index (κ2) is 5.18. The number of para-hydroxylation sites is 1. The van der Waals surface area contributed by atoms with Crippen LogP contribution in [0.2, 0.25) is 0 Å². The minimum absolute atomic E-state index is 0.0870. The van der Waals surface area contributed by atoms with E-state index in [2.05, 4.69) is 0 Å². The van der Waals surface area contributed by atoms with Crippen molar-refractivity contribution in [1.82, 2.24) is 0 Å². The summed E-state index contributed by atoms with van der Waals surface area (Å²) in [7, 11) is -3.51. The molecule has 0 saturated heterocycles. The third kappa shape index (κ3) is 2.87. The number of carboxylic acid groups (broad SMARTS) is 1. The molecular weight excluding hydrogens is 268 g/mol. The first-order chi connectivity index (χ1) is 8.92. The SMILES string of the molecule is N[C@@H](CCS(=O)(=O)N1CCc2ccccc21)C(=O)O. The Morgan fingerprint density at radius 2 is 2.11 bits per heavy atom. The second-order valence-electron chi connectivity index (χ2n) is 4.50. The van der Waals surface area contributed by atoms with E-state index in [1.54, 1.807) is 12.1 Å². The van der Waals surface area contributed by atoms with Crippen molar-refractivity contribution in [3.05, 3.63) is 29.8 Å². The van der Waals surface area contributed by atoms with Crippen molar-refractivity contribution in [3.8, 4) is 0 Å². The number of hydrogen-bond acceptors (Lipinski definition) is 4. The van der Waals surface area contributed by atoms with Crippen LogP contribution in [0.4, 0.5) is 5.69 Å². The van der Waals surface area contributed by atoms with Crippen LogP contribution in [0.25, 0.3) is 0 Å². The number of aliphatic carboxylic acids is 1. The minimum Gasteiger partial charge on any atom is -0.480 e. The van der Waals surface area contributed by atoms with Gasteiger partial charge in [0.1, 0.15) is 6.04 Å². The molecule has 0 bridgehead atoms. The van der Waals surface area contributed by atoms with Gasteiger partial charge in [-0.05, 0) is 24.5 Å². The molecular formula is C12H16N2O4S. The van der Waals surface area contributed by atoms with E-state index in [4.69, 9.17) is 10.8 Å². The Balaban J connectivity index is 2.12. The molecule has 0 saturated carbocycles. The van der Waals surface area contributed by atoms with E-state index >= 15 is 0 Å². The van der Waals surface area contributed by atoms with Crippen LogP contribution >= 0.6 is 0 Å². The smallest absolute Gasteiger partial charge is 0.320 e. The summed E-state index contributed by atoms with van der Waals surface area (Å²) in [6.07, 6.45) is 0.594. The Morgan fingerprint density at radius 1 is 1.42 bits per heavy atom. The summed E-state index contributed by atoms with van der Waals surface area (Å²) in [5.74, 6) is -1.44. The molecule has 0 aliphatic carbocycles. The van der Waals surface area contributed by atoms with Gasteiger partial charge in [-0.1, -0.05) is 18.2 Å². The lowest BCUT2D eigenvalue weighted by molar-refractivity contribution is -0.138. The fourth-order valence-corrected chi connectivity index (χ4v) is 3.73. The Hall–Kier alpha value is -1.60. The molecule has 19 heavy (non-hydrogen) atoms. The lowest BCUT2D eigenvalue weighted by Gasteiger charge is -2.20. The maximum atomic E-state index is 12.2. The van der Waals surface area contributed by atoms with Crippen molar-refractivity contribution in [3.63, 3.8) is 0 Å². The molecule has 1 aliphatic heterocycles. The van der Waals surface area contributed by atoms with Gasteiger partial charge in [-0.2, -0.15) is 0 Å². The summed E-state index contributed by atoms with van der Waals surface area (Å²) < 4.78 is 25.7. The summed E-state index contributed by atoms with van der Waals surface area (Å²) in [6.45, 7) is 0.407. The first-order valence-corrected chi connectivity index (χ1v) is 7.59. The van der Waals surface area contributed by atoms with Gasteiger partial charge in [0.15, 0.2) is 0 Å². The van der Waals surface area contributed by atoms with Crippen LogP contribution < -0.4 is 10.0 Å². The zero-order valence-electron chi connectivity index (χ0n) is 10.3. The number of sulfonamides is 1. The first kappa shape index (κ1) is 13.8. The highest BCUT2D eigenvalue weighted by Gasteiger charge is 2.29. The Labute approximate surface area is 111 Å². The van der Waals surface area contributed by atoms with Crippen molar-refractivity contribution in [2.24, 2.45) is 5.73 Å². The van der Waals surface area contributed by atoms with Gasteiger partial charge in [0.25, 0.3) is 0 Å². The lowest BCUT2D eigenvalue weighted by atomic mass is 10.2. The summed E-state index contributed by atoms with van der Waals surface area (Å²) in [6, 6.07) is 6.17. The topological polar surface area (TPSA) is 101 Å². The van der Waals surface area contributed by atoms with E-state index in [0.717, 1.165) is 5.56 Å². The molecule has 0 aromatic heterocycles. The molecule has 2 rings (SSSR count). The summed E-state index contributed by atoms with van der Waals surface area (Å²) in [5.41, 5.74) is 7.02. The molecule has 0 amide bonds. The lowest BCUT2D eigenvalue weighted by Crippen LogP contribution is -2.37. The predicted octanol–water partition coefficient (Wildman–Crippen LogP) is 0.181. The number of nitrogens with two attached hydrogens (primary N) is 1. The third-order valence-electron chi connectivity index (χ3n) is 3.18. The quantitative estimate of drug-likeness (QED) is 0.803.